The molecule has 0 aromatic heterocycles. The fraction of sp³-hybridized carbons (Fsp3) is 0.692. The number of carbonyl (C=O) groups is 2. The number of rotatable bonds is 4. The van der Waals surface area contributed by atoms with Crippen LogP contribution in [-0.4, -0.2) is 30.2 Å². The molecule has 1 aliphatic rings. The summed E-state index contributed by atoms with van der Waals surface area (Å²) in [7, 11) is 0. The first-order valence-electron chi connectivity index (χ1n) is 5.91. The molecule has 0 radical (unpaired) electrons. The fourth-order valence-corrected chi connectivity index (χ4v) is 1.27. The number of esters is 1. The molecule has 0 bridgehead atoms. The zero-order valence-corrected chi connectivity index (χ0v) is 11.6. The van der Waals surface area contributed by atoms with Gasteiger partial charge in [0.05, 0.1) is 6.61 Å². The average Bonchev–Trinajstić information content (AvgIpc) is 2.91. The highest BCUT2D eigenvalue weighted by Crippen LogP contribution is 2.43. The topological polar surface area (TPSA) is 78.6 Å². The van der Waals surface area contributed by atoms with Crippen LogP contribution >= 0.6 is 0 Å². The molecule has 0 amide bonds. The predicted octanol–water partition coefficient (Wildman–Crippen LogP) is 1.41. The Hall–Kier alpha value is -1.36. The molecule has 0 heterocycles. The molecule has 0 spiro atoms. The number of carbonyl (C=O) groups excluding carboxylic acids is 2. The maximum atomic E-state index is 11.5. The molecule has 18 heavy (non-hydrogen) atoms. The normalized spacial score (nSPS) is 25.3. The maximum Gasteiger partial charge on any atom is 0.327 e. The smallest absolute Gasteiger partial charge is 0.327 e. The van der Waals surface area contributed by atoms with E-state index in [-0.39, 0.29) is 11.9 Å². The van der Waals surface area contributed by atoms with Crippen LogP contribution < -0.4 is 5.73 Å². The summed E-state index contributed by atoms with van der Waals surface area (Å²) in [6, 6.07) is 0. The first kappa shape index (κ1) is 16.6. The third-order valence-electron chi connectivity index (χ3n) is 2.36. The van der Waals surface area contributed by atoms with E-state index in [1.807, 2.05) is 20.8 Å². The molecule has 0 saturated heterocycles. The van der Waals surface area contributed by atoms with Crippen molar-refractivity contribution in [1.82, 2.24) is 0 Å². The van der Waals surface area contributed by atoms with E-state index in [0.29, 0.717) is 19.5 Å². The summed E-state index contributed by atoms with van der Waals surface area (Å²) in [4.78, 5) is 20.7. The van der Waals surface area contributed by atoms with Crippen LogP contribution in [0.3, 0.4) is 0 Å². The third-order valence-corrected chi connectivity index (χ3v) is 2.36. The SMILES string of the molecule is C=CC1CC1(N)C(=O)OC(C)(C)C.CCOC=O. The van der Waals surface area contributed by atoms with Gasteiger partial charge in [0, 0.05) is 5.92 Å². The standard InChI is InChI=1S/C10H17NO2.C3H6O2/c1-5-7-6-10(7,11)8(12)13-9(2,3)4;1-2-5-3-4/h5,7H,1,6,11H2,2-4H3;3H,2H2,1H3. The Morgan fingerprint density at radius 1 is 1.56 bits per heavy atom. The van der Waals surface area contributed by atoms with E-state index >= 15 is 0 Å². The predicted molar refractivity (Wildman–Crippen MR) is 68.8 cm³/mol. The summed E-state index contributed by atoms with van der Waals surface area (Å²) in [5, 5.41) is 0. The van der Waals surface area contributed by atoms with Gasteiger partial charge in [-0.3, -0.25) is 9.59 Å². The molecule has 1 rings (SSSR count). The molecule has 5 heteroatoms. The van der Waals surface area contributed by atoms with Gasteiger partial charge in [-0.25, -0.2) is 0 Å². The Kier molecular flexibility index (Phi) is 6.05. The molecule has 1 aliphatic carbocycles. The van der Waals surface area contributed by atoms with E-state index in [2.05, 4.69) is 11.3 Å². The van der Waals surface area contributed by atoms with Crippen LogP contribution in [0, 0.1) is 5.92 Å². The lowest BCUT2D eigenvalue weighted by Gasteiger charge is -2.22. The number of hydrogen-bond acceptors (Lipinski definition) is 5. The summed E-state index contributed by atoms with van der Waals surface area (Å²) < 4.78 is 9.34. The summed E-state index contributed by atoms with van der Waals surface area (Å²) in [5.41, 5.74) is 4.55. The van der Waals surface area contributed by atoms with Gasteiger partial charge < -0.3 is 15.2 Å². The van der Waals surface area contributed by atoms with E-state index in [4.69, 9.17) is 10.5 Å². The molecule has 1 saturated carbocycles. The lowest BCUT2D eigenvalue weighted by Crippen LogP contribution is -2.40. The van der Waals surface area contributed by atoms with Crippen LogP contribution in [0.4, 0.5) is 0 Å². The second-order valence-electron chi connectivity index (χ2n) is 5.14. The van der Waals surface area contributed by atoms with Crippen LogP contribution in [-0.2, 0) is 19.1 Å². The summed E-state index contributed by atoms with van der Waals surface area (Å²) in [6.45, 7) is 11.8. The Balaban J connectivity index is 0.000000494. The minimum Gasteiger partial charge on any atom is -0.468 e. The highest BCUT2D eigenvalue weighted by Gasteiger charge is 2.57. The molecule has 0 aromatic rings. The monoisotopic (exact) mass is 257 g/mol. The molecule has 0 aromatic carbocycles. The van der Waals surface area contributed by atoms with Crippen molar-refractivity contribution in [2.24, 2.45) is 11.7 Å². The largest absolute Gasteiger partial charge is 0.468 e. The summed E-state index contributed by atoms with van der Waals surface area (Å²) in [6.07, 6.45) is 2.37. The van der Waals surface area contributed by atoms with Crippen molar-refractivity contribution >= 4 is 12.4 Å². The van der Waals surface area contributed by atoms with Crippen molar-refractivity contribution in [3.63, 3.8) is 0 Å². The first-order chi connectivity index (χ1) is 8.21. The van der Waals surface area contributed by atoms with Crippen molar-refractivity contribution in [2.45, 2.75) is 45.3 Å². The van der Waals surface area contributed by atoms with Gasteiger partial charge in [-0.1, -0.05) is 6.08 Å². The van der Waals surface area contributed by atoms with Crippen LogP contribution in [0.15, 0.2) is 12.7 Å². The van der Waals surface area contributed by atoms with Gasteiger partial charge in [-0.05, 0) is 34.1 Å². The molecule has 2 unspecified atom stereocenters. The van der Waals surface area contributed by atoms with E-state index in [1.165, 1.54) is 0 Å². The van der Waals surface area contributed by atoms with Gasteiger partial charge in [0.25, 0.3) is 6.47 Å². The molecule has 2 atom stereocenters. The molecular formula is C13H23NO4. The van der Waals surface area contributed by atoms with Gasteiger partial charge >= 0.3 is 5.97 Å². The lowest BCUT2D eigenvalue weighted by molar-refractivity contribution is -0.158. The molecule has 5 nitrogen and oxygen atoms in total. The van der Waals surface area contributed by atoms with Crippen LogP contribution in [0.5, 0.6) is 0 Å². The molecule has 0 aliphatic heterocycles. The third kappa shape index (κ3) is 5.31. The molecular weight excluding hydrogens is 234 g/mol. The quantitative estimate of drug-likeness (QED) is 0.468. The van der Waals surface area contributed by atoms with Crippen molar-refractivity contribution in [1.29, 1.82) is 0 Å². The van der Waals surface area contributed by atoms with E-state index < -0.39 is 11.1 Å². The number of hydrogen-bond donors (Lipinski definition) is 1. The van der Waals surface area contributed by atoms with Crippen molar-refractivity contribution in [3.05, 3.63) is 12.7 Å². The Labute approximate surface area is 108 Å². The van der Waals surface area contributed by atoms with Gasteiger partial charge in [0.1, 0.15) is 11.1 Å². The van der Waals surface area contributed by atoms with Gasteiger partial charge in [-0.2, -0.15) is 0 Å². The van der Waals surface area contributed by atoms with Gasteiger partial charge in [0.2, 0.25) is 0 Å². The molecule has 2 N–H and O–H groups in total. The molecule has 1 fully saturated rings. The minimum atomic E-state index is -0.797. The van der Waals surface area contributed by atoms with E-state index in [0.717, 1.165) is 0 Å². The van der Waals surface area contributed by atoms with Crippen LogP contribution in [0.25, 0.3) is 0 Å². The van der Waals surface area contributed by atoms with E-state index in [9.17, 15) is 9.59 Å². The second kappa shape index (κ2) is 6.54. The number of nitrogens with two attached hydrogens (primary N) is 1. The van der Waals surface area contributed by atoms with Crippen LogP contribution in [0.1, 0.15) is 34.1 Å². The van der Waals surface area contributed by atoms with E-state index in [1.54, 1.807) is 13.0 Å². The Morgan fingerprint density at radius 3 is 2.33 bits per heavy atom. The summed E-state index contributed by atoms with van der Waals surface area (Å²) >= 11 is 0. The van der Waals surface area contributed by atoms with Crippen molar-refractivity contribution < 1.29 is 19.1 Å². The number of ether oxygens (including phenoxy) is 2. The highest BCUT2D eigenvalue weighted by atomic mass is 16.6. The lowest BCUT2D eigenvalue weighted by atomic mass is 10.1. The van der Waals surface area contributed by atoms with Crippen LogP contribution in [0.2, 0.25) is 0 Å². The average molecular weight is 257 g/mol. The van der Waals surface area contributed by atoms with Crippen molar-refractivity contribution in [3.8, 4) is 0 Å². The summed E-state index contributed by atoms with van der Waals surface area (Å²) in [5.74, 6) is -0.229. The van der Waals surface area contributed by atoms with Gasteiger partial charge in [-0.15, -0.1) is 6.58 Å². The van der Waals surface area contributed by atoms with Crippen molar-refractivity contribution in [2.75, 3.05) is 6.61 Å². The second-order valence-corrected chi connectivity index (χ2v) is 5.14. The minimum absolute atomic E-state index is 0.0855. The van der Waals surface area contributed by atoms with Gasteiger partial charge in [0.15, 0.2) is 0 Å². The molecule has 104 valence electrons. The fourth-order valence-electron chi connectivity index (χ4n) is 1.27. The Bertz CT molecular complexity index is 309. The maximum absolute atomic E-state index is 11.5. The zero-order valence-electron chi connectivity index (χ0n) is 11.6. The first-order valence-corrected chi connectivity index (χ1v) is 5.91. The zero-order chi connectivity index (χ0) is 14.4. The Morgan fingerprint density at radius 2 is 2.11 bits per heavy atom. The highest BCUT2D eigenvalue weighted by molar-refractivity contribution is 5.85.